The van der Waals surface area contributed by atoms with Crippen LogP contribution < -0.4 is 5.32 Å². The minimum Gasteiger partial charge on any atom is -0.311 e. The van der Waals surface area contributed by atoms with Crippen LogP contribution in [0.3, 0.4) is 0 Å². The molecule has 3 aliphatic rings. The number of nitrogens with one attached hydrogen (secondary N) is 1. The van der Waals surface area contributed by atoms with E-state index in [0.29, 0.717) is 5.54 Å². The maximum absolute atomic E-state index is 3.88. The molecule has 2 aliphatic carbocycles. The molecule has 0 bridgehead atoms. The Morgan fingerprint density at radius 1 is 1.16 bits per heavy atom. The summed E-state index contributed by atoms with van der Waals surface area (Å²) >= 11 is 0. The monoisotopic (exact) mass is 264 g/mol. The molecule has 3 fully saturated rings. The van der Waals surface area contributed by atoms with Crippen molar-refractivity contribution in [3.8, 4) is 0 Å². The molecule has 1 saturated heterocycles. The zero-order valence-corrected chi connectivity index (χ0v) is 13.0. The van der Waals surface area contributed by atoms with Gasteiger partial charge in [0.05, 0.1) is 0 Å². The molecule has 1 heterocycles. The van der Waals surface area contributed by atoms with Gasteiger partial charge in [-0.2, -0.15) is 0 Å². The summed E-state index contributed by atoms with van der Waals surface area (Å²) in [6.07, 6.45) is 11.6. The number of nitrogens with zero attached hydrogens (tertiary/aromatic N) is 1. The second-order valence-electron chi connectivity index (χ2n) is 7.84. The highest BCUT2D eigenvalue weighted by atomic mass is 15.3. The molecule has 0 aromatic heterocycles. The summed E-state index contributed by atoms with van der Waals surface area (Å²) in [6, 6.07) is 0.742. The van der Waals surface area contributed by atoms with Crippen LogP contribution in [0, 0.1) is 11.8 Å². The van der Waals surface area contributed by atoms with Gasteiger partial charge < -0.3 is 5.32 Å². The van der Waals surface area contributed by atoms with Gasteiger partial charge in [-0.3, -0.25) is 4.90 Å². The van der Waals surface area contributed by atoms with Gasteiger partial charge >= 0.3 is 0 Å². The Labute approximate surface area is 119 Å². The van der Waals surface area contributed by atoms with E-state index in [1.807, 2.05) is 0 Å². The summed E-state index contributed by atoms with van der Waals surface area (Å²) in [4.78, 5) is 2.92. The highest BCUT2D eigenvalue weighted by Gasteiger charge is 2.44. The lowest BCUT2D eigenvalue weighted by Crippen LogP contribution is -2.64. The molecular formula is C17H32N2. The van der Waals surface area contributed by atoms with Gasteiger partial charge in [0.2, 0.25) is 0 Å². The van der Waals surface area contributed by atoms with Crippen LogP contribution in [-0.2, 0) is 0 Å². The first kappa shape index (κ1) is 13.9. The van der Waals surface area contributed by atoms with Gasteiger partial charge in [-0.05, 0) is 43.9 Å². The zero-order valence-electron chi connectivity index (χ0n) is 13.0. The highest BCUT2D eigenvalue weighted by Crippen LogP contribution is 2.39. The molecule has 110 valence electrons. The van der Waals surface area contributed by atoms with E-state index < -0.39 is 0 Å². The molecule has 1 aliphatic heterocycles. The quantitative estimate of drug-likeness (QED) is 0.837. The Hall–Kier alpha value is -0.0800. The molecule has 1 atom stereocenters. The normalized spacial score (nSPS) is 32.1. The fraction of sp³-hybridized carbons (Fsp3) is 1.00. The van der Waals surface area contributed by atoms with Gasteiger partial charge in [0.1, 0.15) is 0 Å². The first-order chi connectivity index (χ1) is 9.18. The summed E-state index contributed by atoms with van der Waals surface area (Å²) in [5, 5.41) is 3.88. The van der Waals surface area contributed by atoms with Crippen LogP contribution in [0.1, 0.15) is 65.2 Å². The smallest absolute Gasteiger partial charge is 0.0334 e. The summed E-state index contributed by atoms with van der Waals surface area (Å²) in [6.45, 7) is 8.69. The summed E-state index contributed by atoms with van der Waals surface area (Å²) in [7, 11) is 0. The van der Waals surface area contributed by atoms with Gasteiger partial charge in [-0.25, -0.2) is 0 Å². The SMILES string of the molecule is CC(C)CC1CN(CC2CCC2)C2(CCCC2)CN1. The summed E-state index contributed by atoms with van der Waals surface area (Å²) in [5.74, 6) is 1.84. The van der Waals surface area contributed by atoms with Crippen molar-refractivity contribution >= 4 is 0 Å². The second-order valence-corrected chi connectivity index (χ2v) is 7.84. The van der Waals surface area contributed by atoms with Gasteiger partial charge in [-0.1, -0.05) is 33.1 Å². The lowest BCUT2D eigenvalue weighted by molar-refractivity contribution is 0.0143. The average molecular weight is 264 g/mol. The van der Waals surface area contributed by atoms with Crippen molar-refractivity contribution in [1.82, 2.24) is 10.2 Å². The Balaban J connectivity index is 1.64. The van der Waals surface area contributed by atoms with Crippen LogP contribution in [0.4, 0.5) is 0 Å². The molecule has 1 N–H and O–H groups in total. The number of hydrogen-bond acceptors (Lipinski definition) is 2. The third kappa shape index (κ3) is 3.00. The van der Waals surface area contributed by atoms with E-state index in [-0.39, 0.29) is 0 Å². The van der Waals surface area contributed by atoms with E-state index in [2.05, 4.69) is 24.1 Å². The average Bonchev–Trinajstić information content (AvgIpc) is 2.77. The standard InChI is InChI=1S/C17H32N2/c1-14(2)10-16-12-19(11-15-6-5-7-15)17(13-18-16)8-3-4-9-17/h14-16,18H,3-13H2,1-2H3. The van der Waals surface area contributed by atoms with Crippen molar-refractivity contribution < 1.29 is 0 Å². The van der Waals surface area contributed by atoms with Crippen LogP contribution in [0.2, 0.25) is 0 Å². The fourth-order valence-corrected chi connectivity index (χ4v) is 4.48. The van der Waals surface area contributed by atoms with E-state index in [1.54, 1.807) is 0 Å². The van der Waals surface area contributed by atoms with Crippen LogP contribution >= 0.6 is 0 Å². The summed E-state index contributed by atoms with van der Waals surface area (Å²) in [5.41, 5.74) is 0.545. The largest absolute Gasteiger partial charge is 0.311 e. The van der Waals surface area contributed by atoms with E-state index in [4.69, 9.17) is 0 Å². The van der Waals surface area contributed by atoms with Crippen molar-refractivity contribution in [3.63, 3.8) is 0 Å². The van der Waals surface area contributed by atoms with E-state index >= 15 is 0 Å². The summed E-state index contributed by atoms with van der Waals surface area (Å²) < 4.78 is 0. The molecule has 2 saturated carbocycles. The minimum atomic E-state index is 0.545. The second kappa shape index (κ2) is 5.73. The first-order valence-corrected chi connectivity index (χ1v) is 8.66. The van der Waals surface area contributed by atoms with Crippen LogP contribution in [0.5, 0.6) is 0 Å². The molecule has 2 heteroatoms. The van der Waals surface area contributed by atoms with E-state index in [9.17, 15) is 0 Å². The van der Waals surface area contributed by atoms with E-state index in [1.165, 1.54) is 71.0 Å². The molecular weight excluding hydrogens is 232 g/mol. The Bertz CT molecular complexity index is 290. The maximum atomic E-state index is 3.88. The third-order valence-electron chi connectivity index (χ3n) is 5.82. The molecule has 19 heavy (non-hydrogen) atoms. The van der Waals surface area contributed by atoms with Gasteiger partial charge in [0.15, 0.2) is 0 Å². The molecule has 0 aromatic rings. The number of rotatable bonds is 4. The zero-order chi connectivity index (χ0) is 13.3. The van der Waals surface area contributed by atoms with Crippen LogP contribution in [0.15, 0.2) is 0 Å². The fourth-order valence-electron chi connectivity index (χ4n) is 4.48. The lowest BCUT2D eigenvalue weighted by Gasteiger charge is -2.50. The van der Waals surface area contributed by atoms with Gasteiger partial charge in [0.25, 0.3) is 0 Å². The van der Waals surface area contributed by atoms with Crippen molar-refractivity contribution in [2.75, 3.05) is 19.6 Å². The molecule has 3 rings (SSSR count). The predicted molar refractivity (Wildman–Crippen MR) is 81.4 cm³/mol. The minimum absolute atomic E-state index is 0.545. The van der Waals surface area contributed by atoms with Gasteiger partial charge in [0, 0.05) is 31.2 Å². The van der Waals surface area contributed by atoms with Crippen LogP contribution in [0.25, 0.3) is 0 Å². The van der Waals surface area contributed by atoms with Crippen molar-refractivity contribution in [2.24, 2.45) is 11.8 Å². The van der Waals surface area contributed by atoms with E-state index in [0.717, 1.165) is 17.9 Å². The molecule has 1 unspecified atom stereocenters. The van der Waals surface area contributed by atoms with Crippen molar-refractivity contribution in [2.45, 2.75) is 76.8 Å². The molecule has 0 radical (unpaired) electrons. The third-order valence-corrected chi connectivity index (χ3v) is 5.82. The lowest BCUT2D eigenvalue weighted by atomic mass is 9.82. The molecule has 0 aromatic carbocycles. The molecule has 2 nitrogen and oxygen atoms in total. The first-order valence-electron chi connectivity index (χ1n) is 8.66. The molecule has 1 spiro atoms. The Morgan fingerprint density at radius 3 is 2.47 bits per heavy atom. The Morgan fingerprint density at radius 2 is 1.89 bits per heavy atom. The van der Waals surface area contributed by atoms with Gasteiger partial charge in [-0.15, -0.1) is 0 Å². The number of piperazine rings is 1. The predicted octanol–water partition coefficient (Wildman–Crippen LogP) is 3.42. The van der Waals surface area contributed by atoms with Crippen LogP contribution in [-0.4, -0.2) is 36.1 Å². The number of hydrogen-bond donors (Lipinski definition) is 1. The topological polar surface area (TPSA) is 15.3 Å². The molecule has 0 amide bonds. The Kier molecular flexibility index (Phi) is 4.19. The maximum Gasteiger partial charge on any atom is 0.0334 e. The van der Waals surface area contributed by atoms with Crippen molar-refractivity contribution in [3.05, 3.63) is 0 Å². The highest BCUT2D eigenvalue weighted by molar-refractivity contribution is 5.02. The van der Waals surface area contributed by atoms with Crippen molar-refractivity contribution in [1.29, 1.82) is 0 Å².